The maximum absolute atomic E-state index is 12.3. The zero-order valence-electron chi connectivity index (χ0n) is 6.85. The first-order valence-electron chi connectivity index (χ1n) is 3.58. The van der Waals surface area contributed by atoms with Gasteiger partial charge in [-0.1, -0.05) is 11.3 Å². The van der Waals surface area contributed by atoms with Crippen molar-refractivity contribution < 1.29 is 8.78 Å². The minimum atomic E-state index is -2.63. The SMILES string of the molecule is CC(F)(F)CCNc1nnc(Br)s1. The Kier molecular flexibility index (Phi) is 3.55. The van der Waals surface area contributed by atoms with Crippen LogP contribution in [0.3, 0.4) is 0 Å². The second-order valence-corrected chi connectivity index (χ2v) is 4.86. The van der Waals surface area contributed by atoms with Crippen LogP contribution in [-0.2, 0) is 0 Å². The summed E-state index contributed by atoms with van der Waals surface area (Å²) in [5, 5.41) is 10.7. The van der Waals surface area contributed by atoms with Crippen LogP contribution in [0.5, 0.6) is 0 Å². The Balaban J connectivity index is 2.28. The minimum absolute atomic E-state index is 0.200. The molecule has 0 radical (unpaired) electrons. The van der Waals surface area contributed by atoms with Crippen molar-refractivity contribution in [2.45, 2.75) is 19.3 Å². The molecule has 1 rings (SSSR count). The van der Waals surface area contributed by atoms with Crippen molar-refractivity contribution in [3.63, 3.8) is 0 Å². The van der Waals surface area contributed by atoms with E-state index >= 15 is 0 Å². The van der Waals surface area contributed by atoms with Crippen molar-refractivity contribution in [3.05, 3.63) is 3.92 Å². The Bertz CT molecular complexity index is 273. The molecule has 0 aliphatic rings. The van der Waals surface area contributed by atoms with Crippen LogP contribution < -0.4 is 5.32 Å². The van der Waals surface area contributed by atoms with Gasteiger partial charge in [-0.15, -0.1) is 10.2 Å². The number of nitrogens with zero attached hydrogens (tertiary/aromatic N) is 2. The van der Waals surface area contributed by atoms with E-state index in [-0.39, 0.29) is 13.0 Å². The summed E-state index contributed by atoms with van der Waals surface area (Å²) >= 11 is 4.40. The molecular formula is C6H8BrF2N3S. The first kappa shape index (κ1) is 10.8. The van der Waals surface area contributed by atoms with Crippen molar-refractivity contribution in [1.82, 2.24) is 10.2 Å². The maximum atomic E-state index is 12.3. The van der Waals surface area contributed by atoms with E-state index in [0.29, 0.717) is 9.05 Å². The van der Waals surface area contributed by atoms with E-state index in [9.17, 15) is 8.78 Å². The number of aromatic nitrogens is 2. The van der Waals surface area contributed by atoms with Gasteiger partial charge in [-0.25, -0.2) is 8.78 Å². The molecule has 0 unspecified atom stereocenters. The fraction of sp³-hybridized carbons (Fsp3) is 0.667. The maximum Gasteiger partial charge on any atom is 0.247 e. The number of rotatable bonds is 4. The van der Waals surface area contributed by atoms with Gasteiger partial charge >= 0.3 is 0 Å². The first-order valence-corrected chi connectivity index (χ1v) is 5.19. The van der Waals surface area contributed by atoms with Gasteiger partial charge in [-0.3, -0.25) is 0 Å². The van der Waals surface area contributed by atoms with Gasteiger partial charge in [-0.05, 0) is 22.9 Å². The Morgan fingerprint density at radius 1 is 1.54 bits per heavy atom. The van der Waals surface area contributed by atoms with E-state index < -0.39 is 5.92 Å². The van der Waals surface area contributed by atoms with E-state index in [4.69, 9.17) is 0 Å². The molecule has 0 amide bonds. The van der Waals surface area contributed by atoms with Gasteiger partial charge < -0.3 is 5.32 Å². The second-order valence-electron chi connectivity index (χ2n) is 2.61. The van der Waals surface area contributed by atoms with Gasteiger partial charge in [0.05, 0.1) is 0 Å². The Morgan fingerprint density at radius 2 is 2.23 bits per heavy atom. The molecule has 3 nitrogen and oxygen atoms in total. The molecule has 1 N–H and O–H groups in total. The predicted octanol–water partition coefficient (Wildman–Crippen LogP) is 2.76. The zero-order valence-corrected chi connectivity index (χ0v) is 9.25. The number of nitrogens with one attached hydrogen (secondary N) is 1. The molecule has 0 atom stereocenters. The highest BCUT2D eigenvalue weighted by molar-refractivity contribution is 9.11. The molecule has 0 spiro atoms. The third-order valence-corrected chi connectivity index (χ3v) is 2.55. The number of hydrogen-bond donors (Lipinski definition) is 1. The summed E-state index contributed by atoms with van der Waals surface area (Å²) in [4.78, 5) is 0. The third kappa shape index (κ3) is 4.47. The van der Waals surface area contributed by atoms with Crippen LogP contribution in [-0.4, -0.2) is 22.7 Å². The quantitative estimate of drug-likeness (QED) is 0.915. The Hall–Kier alpha value is -0.300. The molecule has 0 aliphatic carbocycles. The predicted molar refractivity (Wildman–Crippen MR) is 51.3 cm³/mol. The molecule has 1 heterocycles. The van der Waals surface area contributed by atoms with Crippen molar-refractivity contribution in [2.24, 2.45) is 0 Å². The molecule has 74 valence electrons. The lowest BCUT2D eigenvalue weighted by atomic mass is 10.3. The van der Waals surface area contributed by atoms with E-state index in [2.05, 4.69) is 31.4 Å². The molecule has 0 saturated heterocycles. The molecule has 0 bridgehead atoms. The summed E-state index contributed by atoms with van der Waals surface area (Å²) < 4.78 is 25.3. The lowest BCUT2D eigenvalue weighted by Crippen LogP contribution is -2.15. The normalized spacial score (nSPS) is 11.7. The van der Waals surface area contributed by atoms with E-state index in [0.717, 1.165) is 6.92 Å². The van der Waals surface area contributed by atoms with Crippen molar-refractivity contribution in [3.8, 4) is 0 Å². The lowest BCUT2D eigenvalue weighted by molar-refractivity contribution is 0.0167. The molecule has 13 heavy (non-hydrogen) atoms. The highest BCUT2D eigenvalue weighted by Gasteiger charge is 2.20. The van der Waals surface area contributed by atoms with Gasteiger partial charge in [0.1, 0.15) is 0 Å². The molecule has 7 heteroatoms. The molecule has 0 aliphatic heterocycles. The van der Waals surface area contributed by atoms with Gasteiger partial charge in [0.15, 0.2) is 3.92 Å². The summed E-state index contributed by atoms with van der Waals surface area (Å²) in [6.07, 6.45) is -0.204. The van der Waals surface area contributed by atoms with E-state index in [1.807, 2.05) is 0 Å². The van der Waals surface area contributed by atoms with Gasteiger partial charge in [0.2, 0.25) is 11.1 Å². The average molecular weight is 272 g/mol. The van der Waals surface area contributed by atoms with Gasteiger partial charge in [0, 0.05) is 13.0 Å². The van der Waals surface area contributed by atoms with Crippen LogP contribution in [0.4, 0.5) is 13.9 Å². The largest absolute Gasteiger partial charge is 0.360 e. The topological polar surface area (TPSA) is 37.8 Å². The average Bonchev–Trinajstić information content (AvgIpc) is 2.33. The number of hydrogen-bond acceptors (Lipinski definition) is 4. The van der Waals surface area contributed by atoms with Crippen LogP contribution in [0.2, 0.25) is 0 Å². The molecule has 1 aromatic rings. The highest BCUT2D eigenvalue weighted by Crippen LogP contribution is 2.21. The number of alkyl halides is 2. The van der Waals surface area contributed by atoms with Crippen molar-refractivity contribution >= 4 is 32.4 Å². The Morgan fingerprint density at radius 3 is 2.69 bits per heavy atom. The van der Waals surface area contributed by atoms with Crippen LogP contribution in [0, 0.1) is 0 Å². The molecular weight excluding hydrogens is 264 g/mol. The van der Waals surface area contributed by atoms with Gasteiger partial charge in [-0.2, -0.15) is 0 Å². The van der Waals surface area contributed by atoms with Gasteiger partial charge in [0.25, 0.3) is 0 Å². The number of anilines is 1. The second kappa shape index (κ2) is 4.28. The smallest absolute Gasteiger partial charge is 0.247 e. The number of halogens is 3. The van der Waals surface area contributed by atoms with Crippen molar-refractivity contribution in [2.75, 3.05) is 11.9 Å². The third-order valence-electron chi connectivity index (χ3n) is 1.24. The zero-order chi connectivity index (χ0) is 9.90. The summed E-state index contributed by atoms with van der Waals surface area (Å²) in [7, 11) is 0. The Labute approximate surface area is 86.7 Å². The molecule has 0 saturated carbocycles. The summed E-state index contributed by atoms with van der Waals surface area (Å²) in [5.41, 5.74) is 0. The van der Waals surface area contributed by atoms with E-state index in [1.165, 1.54) is 11.3 Å². The lowest BCUT2D eigenvalue weighted by Gasteiger charge is -2.09. The monoisotopic (exact) mass is 271 g/mol. The summed E-state index contributed by atoms with van der Waals surface area (Å²) in [5.74, 6) is -2.63. The molecule has 0 fully saturated rings. The van der Waals surface area contributed by atoms with E-state index in [1.54, 1.807) is 0 Å². The van der Waals surface area contributed by atoms with Crippen LogP contribution in [0.25, 0.3) is 0 Å². The molecule has 0 aromatic carbocycles. The standard InChI is InChI=1S/C6H8BrF2N3S/c1-6(8,9)2-3-10-5-12-11-4(7)13-5/h2-3H2,1H3,(H,10,12). The highest BCUT2D eigenvalue weighted by atomic mass is 79.9. The summed E-state index contributed by atoms with van der Waals surface area (Å²) in [6.45, 7) is 1.09. The van der Waals surface area contributed by atoms with Crippen LogP contribution in [0.15, 0.2) is 3.92 Å². The van der Waals surface area contributed by atoms with Crippen molar-refractivity contribution in [1.29, 1.82) is 0 Å². The van der Waals surface area contributed by atoms with Crippen LogP contribution in [0.1, 0.15) is 13.3 Å². The first-order chi connectivity index (χ1) is 5.97. The fourth-order valence-electron chi connectivity index (χ4n) is 0.666. The molecule has 1 aromatic heterocycles. The minimum Gasteiger partial charge on any atom is -0.360 e. The summed E-state index contributed by atoms with van der Waals surface area (Å²) in [6, 6.07) is 0. The van der Waals surface area contributed by atoms with Crippen LogP contribution >= 0.6 is 27.3 Å². The fourth-order valence-corrected chi connectivity index (χ4v) is 1.70.